The minimum Gasteiger partial charge on any atom is -0.369 e. The van der Waals surface area contributed by atoms with Crippen LogP contribution in [-0.2, 0) is 28.3 Å². The summed E-state index contributed by atoms with van der Waals surface area (Å²) >= 11 is 12.1. The Balaban J connectivity index is 1.62. The van der Waals surface area contributed by atoms with Gasteiger partial charge in [-0.1, -0.05) is 77.8 Å². The Labute approximate surface area is 192 Å². The summed E-state index contributed by atoms with van der Waals surface area (Å²) in [5.74, 6) is -0.449. The maximum Gasteiger partial charge on any atom is 0.147 e. The van der Waals surface area contributed by atoms with Gasteiger partial charge in [0.25, 0.3) is 0 Å². The summed E-state index contributed by atoms with van der Waals surface area (Å²) < 4.78 is 27.3. The van der Waals surface area contributed by atoms with Crippen molar-refractivity contribution >= 4 is 23.2 Å². The van der Waals surface area contributed by atoms with Crippen molar-refractivity contribution in [3.8, 4) is 0 Å². The van der Waals surface area contributed by atoms with Gasteiger partial charge in [-0.2, -0.15) is 0 Å². The number of hydrogen-bond acceptors (Lipinski definition) is 3. The van der Waals surface area contributed by atoms with E-state index in [1.807, 2.05) is 54.6 Å². The van der Waals surface area contributed by atoms with Crippen LogP contribution in [-0.4, -0.2) is 19.2 Å². The van der Waals surface area contributed by atoms with E-state index in [-0.39, 0.29) is 17.7 Å². The molecule has 4 rings (SSSR count). The van der Waals surface area contributed by atoms with E-state index in [1.54, 1.807) is 12.1 Å². The van der Waals surface area contributed by atoms with Crippen LogP contribution in [0.2, 0.25) is 10.0 Å². The van der Waals surface area contributed by atoms with Gasteiger partial charge in [0, 0.05) is 17.1 Å². The van der Waals surface area contributed by atoms with Crippen molar-refractivity contribution in [2.24, 2.45) is 0 Å². The lowest BCUT2D eigenvalue weighted by atomic mass is 9.82. The Kier molecular flexibility index (Phi) is 7.26. The quantitative estimate of drug-likeness (QED) is 0.461. The Morgan fingerprint density at radius 3 is 2.48 bits per heavy atom. The maximum atomic E-state index is 14.4. The highest BCUT2D eigenvalue weighted by Gasteiger charge is 2.44. The Hall–Kier alpha value is -1.95. The smallest absolute Gasteiger partial charge is 0.147 e. The van der Waals surface area contributed by atoms with Gasteiger partial charge in [-0.15, -0.1) is 0 Å². The lowest BCUT2D eigenvalue weighted by molar-refractivity contribution is -0.176. The molecule has 2 atom stereocenters. The lowest BCUT2D eigenvalue weighted by Crippen LogP contribution is -2.54. The van der Waals surface area contributed by atoms with Crippen molar-refractivity contribution in [3.05, 3.63) is 105 Å². The van der Waals surface area contributed by atoms with Crippen molar-refractivity contribution in [3.63, 3.8) is 0 Å². The zero-order valence-corrected chi connectivity index (χ0v) is 18.5. The molecule has 0 aromatic heterocycles. The summed E-state index contributed by atoms with van der Waals surface area (Å²) in [6.07, 6.45) is 0.383. The van der Waals surface area contributed by atoms with E-state index in [0.717, 1.165) is 17.7 Å². The Morgan fingerprint density at radius 2 is 1.71 bits per heavy atom. The highest BCUT2D eigenvalue weighted by Crippen LogP contribution is 2.39. The highest BCUT2D eigenvalue weighted by atomic mass is 35.5. The van der Waals surface area contributed by atoms with Crippen LogP contribution in [0.1, 0.15) is 23.1 Å². The largest absolute Gasteiger partial charge is 0.369 e. The van der Waals surface area contributed by atoms with Gasteiger partial charge in [0.15, 0.2) is 0 Å². The molecule has 1 aliphatic rings. The van der Waals surface area contributed by atoms with Crippen molar-refractivity contribution in [2.45, 2.75) is 31.3 Å². The van der Waals surface area contributed by atoms with E-state index < -0.39 is 11.4 Å². The third kappa shape index (κ3) is 5.11. The van der Waals surface area contributed by atoms with Crippen molar-refractivity contribution < 1.29 is 13.9 Å². The molecule has 0 saturated carbocycles. The standard InChI is InChI=1S/C25H24Cl2FNO2/c26-21-11-9-20(10-12-21)25(31-16-18-5-2-1-3-6-18)13-14-29-15-23(25)30-17-19-7-4-8-22(27)24(19)28/h1-12,23,29H,13-17H2/t23?,25-/m0/s1. The summed E-state index contributed by atoms with van der Waals surface area (Å²) in [7, 11) is 0. The number of nitrogens with one attached hydrogen (secondary N) is 1. The second kappa shape index (κ2) is 10.1. The first-order valence-corrected chi connectivity index (χ1v) is 11.0. The molecule has 1 fully saturated rings. The molecule has 1 aliphatic heterocycles. The SMILES string of the molecule is Fc1c(Cl)cccc1COC1CNCC[C@]1(OCc1ccccc1)c1ccc(Cl)cc1. The maximum absolute atomic E-state index is 14.4. The molecular weight excluding hydrogens is 436 g/mol. The average Bonchev–Trinajstić information content (AvgIpc) is 2.80. The van der Waals surface area contributed by atoms with Gasteiger partial charge in [-0.25, -0.2) is 4.39 Å². The van der Waals surface area contributed by atoms with Crippen molar-refractivity contribution in [1.82, 2.24) is 5.32 Å². The predicted octanol–water partition coefficient (Wildman–Crippen LogP) is 6.12. The van der Waals surface area contributed by atoms with Crippen LogP contribution in [0.4, 0.5) is 4.39 Å². The minimum atomic E-state index is -0.694. The van der Waals surface area contributed by atoms with E-state index in [1.165, 1.54) is 6.07 Å². The third-order valence-corrected chi connectivity index (χ3v) is 6.21. The topological polar surface area (TPSA) is 30.5 Å². The molecule has 0 radical (unpaired) electrons. The van der Waals surface area contributed by atoms with E-state index >= 15 is 0 Å². The van der Waals surface area contributed by atoms with Gasteiger partial charge >= 0.3 is 0 Å². The van der Waals surface area contributed by atoms with E-state index in [2.05, 4.69) is 5.32 Å². The van der Waals surface area contributed by atoms with Crippen LogP contribution in [0.25, 0.3) is 0 Å². The van der Waals surface area contributed by atoms with Crippen LogP contribution >= 0.6 is 23.2 Å². The van der Waals surface area contributed by atoms with Gasteiger partial charge in [-0.3, -0.25) is 0 Å². The molecule has 3 nitrogen and oxygen atoms in total. The molecule has 0 amide bonds. The summed E-state index contributed by atoms with van der Waals surface area (Å²) in [5, 5.41) is 4.13. The molecular formula is C25H24Cl2FNO2. The molecule has 1 saturated heterocycles. The molecule has 1 heterocycles. The summed E-state index contributed by atoms with van der Waals surface area (Å²) in [6, 6.07) is 22.7. The number of ether oxygens (including phenoxy) is 2. The number of benzene rings is 3. The van der Waals surface area contributed by atoms with Crippen LogP contribution in [0.15, 0.2) is 72.8 Å². The van der Waals surface area contributed by atoms with Crippen LogP contribution in [0.3, 0.4) is 0 Å². The fourth-order valence-electron chi connectivity index (χ4n) is 3.97. The number of piperidine rings is 1. The summed E-state index contributed by atoms with van der Waals surface area (Å²) in [5.41, 5.74) is 1.80. The molecule has 31 heavy (non-hydrogen) atoms. The second-order valence-corrected chi connectivity index (χ2v) is 8.48. The minimum absolute atomic E-state index is 0.0900. The van der Waals surface area contributed by atoms with Crippen molar-refractivity contribution in [1.29, 1.82) is 0 Å². The zero-order chi connectivity index (χ0) is 21.7. The van der Waals surface area contributed by atoms with Crippen LogP contribution < -0.4 is 5.32 Å². The van der Waals surface area contributed by atoms with Gasteiger partial charge < -0.3 is 14.8 Å². The molecule has 162 valence electrons. The number of rotatable bonds is 7. The molecule has 1 N–H and O–H groups in total. The predicted molar refractivity (Wildman–Crippen MR) is 122 cm³/mol. The second-order valence-electron chi connectivity index (χ2n) is 7.64. The Morgan fingerprint density at radius 1 is 0.935 bits per heavy atom. The molecule has 3 aromatic carbocycles. The van der Waals surface area contributed by atoms with Crippen LogP contribution in [0, 0.1) is 5.82 Å². The monoisotopic (exact) mass is 459 g/mol. The molecule has 6 heteroatoms. The van der Waals surface area contributed by atoms with Crippen molar-refractivity contribution in [2.75, 3.05) is 13.1 Å². The molecule has 0 aliphatic carbocycles. The molecule has 1 unspecified atom stereocenters. The third-order valence-electron chi connectivity index (χ3n) is 5.67. The van der Waals surface area contributed by atoms with E-state index in [0.29, 0.717) is 30.2 Å². The zero-order valence-electron chi connectivity index (χ0n) is 17.0. The highest BCUT2D eigenvalue weighted by molar-refractivity contribution is 6.31. The van der Waals surface area contributed by atoms with Gasteiger partial charge in [0.05, 0.1) is 18.2 Å². The van der Waals surface area contributed by atoms with Gasteiger partial charge in [0.1, 0.15) is 17.5 Å². The van der Waals surface area contributed by atoms with Gasteiger partial charge in [0.2, 0.25) is 0 Å². The first-order chi connectivity index (χ1) is 15.1. The number of hydrogen-bond donors (Lipinski definition) is 1. The van der Waals surface area contributed by atoms with Gasteiger partial charge in [-0.05, 0) is 42.3 Å². The fraction of sp³-hybridized carbons (Fsp3) is 0.280. The Bertz CT molecular complexity index is 1000. The fourth-order valence-corrected chi connectivity index (χ4v) is 4.29. The average molecular weight is 460 g/mol. The molecule has 3 aromatic rings. The summed E-state index contributed by atoms with van der Waals surface area (Å²) in [6.45, 7) is 1.90. The molecule has 0 spiro atoms. The van der Waals surface area contributed by atoms with E-state index in [9.17, 15) is 4.39 Å². The van der Waals surface area contributed by atoms with Crippen LogP contribution in [0.5, 0.6) is 0 Å². The lowest BCUT2D eigenvalue weighted by Gasteiger charge is -2.44. The number of halogens is 3. The van der Waals surface area contributed by atoms with E-state index in [4.69, 9.17) is 32.7 Å². The molecule has 0 bridgehead atoms. The first kappa shape index (κ1) is 22.3. The normalized spacial score (nSPS) is 21.2. The summed E-state index contributed by atoms with van der Waals surface area (Å²) in [4.78, 5) is 0. The first-order valence-electron chi connectivity index (χ1n) is 10.3.